The molecule has 1 aliphatic rings. The van der Waals surface area contributed by atoms with E-state index in [0.717, 1.165) is 35.2 Å². The predicted molar refractivity (Wildman–Crippen MR) is 125 cm³/mol. The summed E-state index contributed by atoms with van der Waals surface area (Å²) in [6.07, 6.45) is 2.13. The van der Waals surface area contributed by atoms with Gasteiger partial charge >= 0.3 is 0 Å². The van der Waals surface area contributed by atoms with E-state index in [1.807, 2.05) is 12.1 Å². The highest BCUT2D eigenvalue weighted by molar-refractivity contribution is 7.80. The van der Waals surface area contributed by atoms with Crippen molar-refractivity contribution in [1.82, 2.24) is 9.47 Å². The number of rotatable bonds is 4. The van der Waals surface area contributed by atoms with Crippen LogP contribution in [0.5, 0.6) is 11.5 Å². The molecule has 6 heteroatoms. The van der Waals surface area contributed by atoms with Gasteiger partial charge in [0, 0.05) is 30.7 Å². The summed E-state index contributed by atoms with van der Waals surface area (Å²) < 4.78 is 13.3. The molecule has 1 aromatic heterocycles. The van der Waals surface area contributed by atoms with Crippen molar-refractivity contribution < 1.29 is 9.47 Å². The van der Waals surface area contributed by atoms with Crippen LogP contribution in [0.3, 0.4) is 0 Å². The lowest BCUT2D eigenvalue weighted by Crippen LogP contribution is -2.44. The van der Waals surface area contributed by atoms with Crippen molar-refractivity contribution in [2.75, 3.05) is 26.1 Å². The van der Waals surface area contributed by atoms with E-state index >= 15 is 0 Å². The van der Waals surface area contributed by atoms with Gasteiger partial charge in [-0.2, -0.15) is 0 Å². The maximum absolute atomic E-state index is 5.90. The minimum Gasteiger partial charge on any atom is -0.493 e. The molecule has 0 unspecified atom stereocenters. The second-order valence-corrected chi connectivity index (χ2v) is 7.97. The van der Waals surface area contributed by atoms with Crippen molar-refractivity contribution in [1.29, 1.82) is 0 Å². The third kappa shape index (κ3) is 3.75. The molecular formula is C24H27N3O2S. The summed E-state index contributed by atoms with van der Waals surface area (Å²) in [5.41, 5.74) is 5.74. The summed E-state index contributed by atoms with van der Waals surface area (Å²) >= 11 is 5.90. The number of ether oxygens (including phenoxy) is 2. The van der Waals surface area contributed by atoms with Gasteiger partial charge in [0.15, 0.2) is 16.6 Å². The highest BCUT2D eigenvalue weighted by Crippen LogP contribution is 2.37. The largest absolute Gasteiger partial charge is 0.493 e. The molecule has 0 radical (unpaired) electrons. The van der Waals surface area contributed by atoms with Gasteiger partial charge in [0.25, 0.3) is 0 Å². The summed E-state index contributed by atoms with van der Waals surface area (Å²) in [5, 5.41) is 4.21. The molecule has 0 bridgehead atoms. The van der Waals surface area contributed by atoms with Gasteiger partial charge in [0.2, 0.25) is 0 Å². The SMILES string of the molecule is COc1ccc([C@H]2c3cccn3CCN2C(=S)Nc2cc(C)ccc2C)cc1OC. The van der Waals surface area contributed by atoms with Gasteiger partial charge in [0.05, 0.1) is 20.3 Å². The van der Waals surface area contributed by atoms with E-state index in [1.54, 1.807) is 14.2 Å². The van der Waals surface area contributed by atoms with Crippen LogP contribution in [0, 0.1) is 13.8 Å². The Morgan fingerprint density at radius 2 is 1.80 bits per heavy atom. The molecule has 0 fully saturated rings. The number of fused-ring (bicyclic) bond motifs is 1. The molecule has 30 heavy (non-hydrogen) atoms. The lowest BCUT2D eigenvalue weighted by atomic mass is 9.99. The maximum atomic E-state index is 5.90. The minimum atomic E-state index is -0.0151. The summed E-state index contributed by atoms with van der Waals surface area (Å²) in [6, 6.07) is 16.7. The van der Waals surface area contributed by atoms with Crippen molar-refractivity contribution in [3.05, 3.63) is 77.1 Å². The van der Waals surface area contributed by atoms with Gasteiger partial charge in [-0.25, -0.2) is 0 Å². The molecule has 0 amide bonds. The minimum absolute atomic E-state index is 0.0151. The second-order valence-electron chi connectivity index (χ2n) is 7.59. The first-order valence-electron chi connectivity index (χ1n) is 10.0. The van der Waals surface area contributed by atoms with Crippen LogP contribution in [0.2, 0.25) is 0 Å². The van der Waals surface area contributed by atoms with Crippen LogP contribution in [-0.4, -0.2) is 35.3 Å². The monoisotopic (exact) mass is 421 g/mol. The van der Waals surface area contributed by atoms with Gasteiger partial charge in [0.1, 0.15) is 0 Å². The Morgan fingerprint density at radius 3 is 2.57 bits per heavy atom. The van der Waals surface area contributed by atoms with Crippen LogP contribution in [0.4, 0.5) is 5.69 Å². The van der Waals surface area contributed by atoms with E-state index in [2.05, 4.69) is 71.2 Å². The smallest absolute Gasteiger partial charge is 0.174 e. The molecule has 4 rings (SSSR count). The third-order valence-electron chi connectivity index (χ3n) is 5.66. The van der Waals surface area contributed by atoms with E-state index in [-0.39, 0.29) is 6.04 Å². The molecular weight excluding hydrogens is 394 g/mol. The molecule has 156 valence electrons. The van der Waals surface area contributed by atoms with E-state index in [9.17, 15) is 0 Å². The zero-order valence-electron chi connectivity index (χ0n) is 17.8. The molecule has 0 aliphatic carbocycles. The average Bonchev–Trinajstić information content (AvgIpc) is 3.24. The Morgan fingerprint density at radius 1 is 1.00 bits per heavy atom. The number of anilines is 1. The Kier molecular flexibility index (Phi) is 5.68. The summed E-state index contributed by atoms with van der Waals surface area (Å²) in [7, 11) is 3.31. The standard InChI is InChI=1S/C24H27N3O2S/c1-16-7-8-17(2)19(14-16)25-24(30)27-13-12-26-11-5-6-20(26)23(27)18-9-10-21(28-3)22(15-18)29-4/h5-11,14-15,23H,12-13H2,1-4H3,(H,25,30)/t23-/m0/s1. The number of aromatic nitrogens is 1. The van der Waals surface area contributed by atoms with E-state index in [0.29, 0.717) is 5.75 Å². The van der Waals surface area contributed by atoms with Crippen LogP contribution in [-0.2, 0) is 6.54 Å². The Bertz CT molecular complexity index is 1080. The number of aryl methyl sites for hydroxylation is 2. The van der Waals surface area contributed by atoms with Crippen LogP contribution >= 0.6 is 12.2 Å². The first-order chi connectivity index (χ1) is 14.5. The lowest BCUT2D eigenvalue weighted by Gasteiger charge is -2.39. The molecule has 0 saturated carbocycles. The molecule has 0 saturated heterocycles. The van der Waals surface area contributed by atoms with Crippen molar-refractivity contribution in [2.45, 2.75) is 26.4 Å². The number of nitrogens with one attached hydrogen (secondary N) is 1. The molecule has 1 aliphatic heterocycles. The summed E-state index contributed by atoms with van der Waals surface area (Å²) in [6.45, 7) is 5.89. The number of nitrogens with zero attached hydrogens (tertiary/aromatic N) is 2. The number of thiocarbonyl (C=S) groups is 1. The normalized spacial score (nSPS) is 15.5. The van der Waals surface area contributed by atoms with Crippen LogP contribution in [0.15, 0.2) is 54.7 Å². The number of benzene rings is 2. The van der Waals surface area contributed by atoms with Gasteiger partial charge in [-0.3, -0.25) is 0 Å². The summed E-state index contributed by atoms with van der Waals surface area (Å²) in [5.74, 6) is 1.43. The van der Waals surface area contributed by atoms with Gasteiger partial charge < -0.3 is 24.3 Å². The van der Waals surface area contributed by atoms with Gasteiger partial charge in [-0.15, -0.1) is 0 Å². The molecule has 1 atom stereocenters. The Hall–Kier alpha value is -2.99. The fraction of sp³-hybridized carbons (Fsp3) is 0.292. The zero-order valence-corrected chi connectivity index (χ0v) is 18.6. The summed E-state index contributed by atoms with van der Waals surface area (Å²) in [4.78, 5) is 2.26. The topological polar surface area (TPSA) is 38.7 Å². The molecule has 0 spiro atoms. The number of hydrogen-bond acceptors (Lipinski definition) is 3. The Labute approximate surface area is 183 Å². The fourth-order valence-electron chi connectivity index (χ4n) is 4.03. The molecule has 2 aromatic carbocycles. The van der Waals surface area contributed by atoms with Crippen LogP contribution < -0.4 is 14.8 Å². The maximum Gasteiger partial charge on any atom is 0.174 e. The van der Waals surface area contributed by atoms with E-state index in [1.165, 1.54) is 16.8 Å². The molecule has 5 nitrogen and oxygen atoms in total. The predicted octanol–water partition coefficient (Wildman–Crippen LogP) is 4.92. The number of hydrogen-bond donors (Lipinski definition) is 1. The molecule has 1 N–H and O–H groups in total. The zero-order chi connectivity index (χ0) is 21.3. The van der Waals surface area contributed by atoms with Crippen molar-refractivity contribution >= 4 is 23.0 Å². The van der Waals surface area contributed by atoms with Crippen molar-refractivity contribution in [2.24, 2.45) is 0 Å². The van der Waals surface area contributed by atoms with Crippen molar-refractivity contribution in [3.63, 3.8) is 0 Å². The molecule has 3 aromatic rings. The first-order valence-corrected chi connectivity index (χ1v) is 10.4. The highest BCUT2D eigenvalue weighted by Gasteiger charge is 2.31. The average molecular weight is 422 g/mol. The van der Waals surface area contributed by atoms with Gasteiger partial charge in [-0.1, -0.05) is 18.2 Å². The number of methoxy groups -OCH3 is 2. The van der Waals surface area contributed by atoms with E-state index in [4.69, 9.17) is 21.7 Å². The third-order valence-corrected chi connectivity index (χ3v) is 5.99. The quantitative estimate of drug-likeness (QED) is 0.605. The highest BCUT2D eigenvalue weighted by atomic mass is 32.1. The lowest BCUT2D eigenvalue weighted by molar-refractivity contribution is 0.291. The van der Waals surface area contributed by atoms with Crippen LogP contribution in [0.1, 0.15) is 28.4 Å². The molecule has 2 heterocycles. The van der Waals surface area contributed by atoms with Crippen molar-refractivity contribution in [3.8, 4) is 11.5 Å². The van der Waals surface area contributed by atoms with Gasteiger partial charge in [-0.05, 0) is 73.1 Å². The second kappa shape index (κ2) is 8.40. The fourth-order valence-corrected chi connectivity index (χ4v) is 4.34. The van der Waals surface area contributed by atoms with Crippen LogP contribution in [0.25, 0.3) is 0 Å². The first kappa shape index (κ1) is 20.3. The van der Waals surface area contributed by atoms with E-state index < -0.39 is 0 Å². The Balaban J connectivity index is 1.72.